The van der Waals surface area contributed by atoms with Crippen molar-refractivity contribution < 1.29 is 4.79 Å². The molecule has 0 saturated heterocycles. The van der Waals surface area contributed by atoms with E-state index in [4.69, 9.17) is 5.84 Å². The van der Waals surface area contributed by atoms with Crippen molar-refractivity contribution >= 4 is 5.91 Å². The molecule has 0 atom stereocenters. The Kier molecular flexibility index (Phi) is 4.12. The van der Waals surface area contributed by atoms with E-state index in [0.29, 0.717) is 6.42 Å². The first-order valence-corrected chi connectivity index (χ1v) is 4.77. The minimum absolute atomic E-state index is 0.122. The molecule has 5 nitrogen and oxygen atoms in total. The van der Waals surface area contributed by atoms with Crippen LogP contribution in [0.2, 0.25) is 0 Å². The molecule has 0 aliphatic carbocycles. The highest BCUT2D eigenvalue weighted by molar-refractivity contribution is 5.74. The number of nitrogens with one attached hydrogen (secondary N) is 1. The third-order valence-corrected chi connectivity index (χ3v) is 2.08. The van der Waals surface area contributed by atoms with Gasteiger partial charge in [-0.3, -0.25) is 10.2 Å². The Morgan fingerprint density at radius 3 is 3.14 bits per heavy atom. The Morgan fingerprint density at radius 1 is 1.71 bits per heavy atom. The number of hydrazine groups is 1. The molecule has 1 aromatic rings. The number of aromatic nitrogens is 2. The highest BCUT2D eigenvalue weighted by Crippen LogP contribution is 2.01. The molecular weight excluding hydrogens is 180 g/mol. The highest BCUT2D eigenvalue weighted by atomic mass is 16.2. The van der Waals surface area contributed by atoms with Crippen molar-refractivity contribution in [1.82, 2.24) is 15.0 Å². The quantitative estimate of drug-likeness (QED) is 0.402. The van der Waals surface area contributed by atoms with Crippen molar-refractivity contribution in [3.63, 3.8) is 0 Å². The van der Waals surface area contributed by atoms with E-state index in [1.807, 2.05) is 6.20 Å². The van der Waals surface area contributed by atoms with Crippen molar-refractivity contribution in [3.8, 4) is 0 Å². The SMILES string of the molecule is CCc1nccn1CCCC(=O)NN. The summed E-state index contributed by atoms with van der Waals surface area (Å²) >= 11 is 0. The maximum absolute atomic E-state index is 10.8. The van der Waals surface area contributed by atoms with Crippen LogP contribution in [0.3, 0.4) is 0 Å². The second-order valence-corrected chi connectivity index (χ2v) is 3.06. The van der Waals surface area contributed by atoms with Crippen LogP contribution in [0.15, 0.2) is 12.4 Å². The van der Waals surface area contributed by atoms with Gasteiger partial charge in [-0.05, 0) is 6.42 Å². The Bertz CT molecular complexity index is 295. The first kappa shape index (κ1) is 10.7. The zero-order valence-electron chi connectivity index (χ0n) is 8.36. The molecule has 1 aromatic heterocycles. The molecular formula is C9H16N4O. The molecule has 1 heterocycles. The second kappa shape index (κ2) is 5.39. The molecule has 1 amide bonds. The molecule has 0 fully saturated rings. The number of carbonyl (C=O) groups excluding carboxylic acids is 1. The van der Waals surface area contributed by atoms with Crippen LogP contribution >= 0.6 is 0 Å². The van der Waals surface area contributed by atoms with Gasteiger partial charge in [0.1, 0.15) is 5.82 Å². The lowest BCUT2D eigenvalue weighted by atomic mass is 10.3. The third-order valence-electron chi connectivity index (χ3n) is 2.08. The fourth-order valence-corrected chi connectivity index (χ4v) is 1.34. The minimum atomic E-state index is -0.122. The predicted octanol–water partition coefficient (Wildman–Crippen LogP) is 0.216. The van der Waals surface area contributed by atoms with Gasteiger partial charge in [0.25, 0.3) is 0 Å². The summed E-state index contributed by atoms with van der Waals surface area (Å²) in [4.78, 5) is 15.0. The normalized spacial score (nSPS) is 10.1. The number of nitrogens with zero attached hydrogens (tertiary/aromatic N) is 2. The zero-order valence-corrected chi connectivity index (χ0v) is 8.36. The van der Waals surface area contributed by atoms with E-state index < -0.39 is 0 Å². The third kappa shape index (κ3) is 2.85. The molecule has 78 valence electrons. The van der Waals surface area contributed by atoms with E-state index in [1.54, 1.807) is 6.20 Å². The molecule has 0 aromatic carbocycles. The number of aryl methyl sites for hydroxylation is 2. The van der Waals surface area contributed by atoms with Crippen molar-refractivity contribution in [1.29, 1.82) is 0 Å². The maximum Gasteiger partial charge on any atom is 0.233 e. The molecule has 0 aliphatic heterocycles. The van der Waals surface area contributed by atoms with E-state index in [1.165, 1.54) is 0 Å². The zero-order chi connectivity index (χ0) is 10.4. The van der Waals surface area contributed by atoms with Gasteiger partial charge in [-0.15, -0.1) is 0 Å². The van der Waals surface area contributed by atoms with Gasteiger partial charge in [0, 0.05) is 31.8 Å². The standard InChI is InChI=1S/C9H16N4O/c1-2-8-11-5-7-13(8)6-3-4-9(14)12-10/h5,7H,2-4,6,10H2,1H3,(H,12,14). The van der Waals surface area contributed by atoms with E-state index >= 15 is 0 Å². The summed E-state index contributed by atoms with van der Waals surface area (Å²) in [6, 6.07) is 0. The van der Waals surface area contributed by atoms with Crippen LogP contribution in [-0.4, -0.2) is 15.5 Å². The van der Waals surface area contributed by atoms with Gasteiger partial charge in [0.15, 0.2) is 0 Å². The summed E-state index contributed by atoms with van der Waals surface area (Å²) in [7, 11) is 0. The van der Waals surface area contributed by atoms with E-state index in [-0.39, 0.29) is 5.91 Å². The van der Waals surface area contributed by atoms with Crippen LogP contribution in [0, 0.1) is 0 Å². The van der Waals surface area contributed by atoms with Crippen molar-refractivity contribution in [2.75, 3.05) is 0 Å². The Balaban J connectivity index is 2.34. The summed E-state index contributed by atoms with van der Waals surface area (Å²) in [6.07, 6.45) is 5.86. The Labute approximate surface area is 83.3 Å². The largest absolute Gasteiger partial charge is 0.335 e. The number of hydrogen-bond donors (Lipinski definition) is 2. The molecule has 14 heavy (non-hydrogen) atoms. The second-order valence-electron chi connectivity index (χ2n) is 3.06. The minimum Gasteiger partial charge on any atom is -0.335 e. The molecule has 0 radical (unpaired) electrons. The lowest BCUT2D eigenvalue weighted by Crippen LogP contribution is -2.29. The Hall–Kier alpha value is -1.36. The van der Waals surface area contributed by atoms with Crippen LogP contribution in [0.4, 0.5) is 0 Å². The number of amides is 1. The van der Waals surface area contributed by atoms with Crippen LogP contribution in [-0.2, 0) is 17.8 Å². The van der Waals surface area contributed by atoms with E-state index in [0.717, 1.165) is 25.2 Å². The predicted molar refractivity (Wildman–Crippen MR) is 53.2 cm³/mol. The molecule has 0 aliphatic rings. The maximum atomic E-state index is 10.8. The lowest BCUT2D eigenvalue weighted by molar-refractivity contribution is -0.121. The molecule has 3 N–H and O–H groups in total. The Morgan fingerprint density at radius 2 is 2.50 bits per heavy atom. The van der Waals surface area contributed by atoms with E-state index in [2.05, 4.69) is 21.9 Å². The topological polar surface area (TPSA) is 72.9 Å². The van der Waals surface area contributed by atoms with Gasteiger partial charge < -0.3 is 4.57 Å². The van der Waals surface area contributed by atoms with Crippen molar-refractivity contribution in [2.24, 2.45) is 5.84 Å². The molecule has 0 spiro atoms. The van der Waals surface area contributed by atoms with Gasteiger partial charge >= 0.3 is 0 Å². The van der Waals surface area contributed by atoms with Crippen LogP contribution < -0.4 is 11.3 Å². The van der Waals surface area contributed by atoms with Crippen molar-refractivity contribution in [3.05, 3.63) is 18.2 Å². The summed E-state index contributed by atoms with van der Waals surface area (Å²) in [5, 5.41) is 0. The molecule has 0 saturated carbocycles. The van der Waals surface area contributed by atoms with Gasteiger partial charge in [0.2, 0.25) is 5.91 Å². The summed E-state index contributed by atoms with van der Waals surface area (Å²) in [5.74, 6) is 5.90. The number of rotatable bonds is 5. The first-order chi connectivity index (χ1) is 6.77. The number of nitrogens with two attached hydrogens (primary N) is 1. The van der Waals surface area contributed by atoms with E-state index in [9.17, 15) is 4.79 Å². The van der Waals surface area contributed by atoms with Gasteiger partial charge in [-0.2, -0.15) is 0 Å². The highest BCUT2D eigenvalue weighted by Gasteiger charge is 2.01. The molecule has 0 bridgehead atoms. The monoisotopic (exact) mass is 196 g/mol. The molecule has 0 unspecified atom stereocenters. The van der Waals surface area contributed by atoms with Crippen LogP contribution in [0.1, 0.15) is 25.6 Å². The summed E-state index contributed by atoms with van der Waals surface area (Å²) in [6.45, 7) is 2.88. The number of carbonyl (C=O) groups is 1. The lowest BCUT2D eigenvalue weighted by Gasteiger charge is -2.05. The summed E-state index contributed by atoms with van der Waals surface area (Å²) < 4.78 is 2.06. The average Bonchev–Trinajstić information content (AvgIpc) is 2.65. The average molecular weight is 196 g/mol. The fraction of sp³-hybridized carbons (Fsp3) is 0.556. The molecule has 1 rings (SSSR count). The number of hydrogen-bond acceptors (Lipinski definition) is 3. The number of imidazole rings is 1. The smallest absolute Gasteiger partial charge is 0.233 e. The molecule has 5 heteroatoms. The van der Waals surface area contributed by atoms with Gasteiger partial charge in [-0.1, -0.05) is 6.92 Å². The van der Waals surface area contributed by atoms with Crippen LogP contribution in [0.5, 0.6) is 0 Å². The van der Waals surface area contributed by atoms with Gasteiger partial charge in [0.05, 0.1) is 0 Å². The summed E-state index contributed by atoms with van der Waals surface area (Å²) in [5.41, 5.74) is 2.11. The fourth-order valence-electron chi connectivity index (χ4n) is 1.34. The van der Waals surface area contributed by atoms with Crippen LogP contribution in [0.25, 0.3) is 0 Å². The van der Waals surface area contributed by atoms with Gasteiger partial charge in [-0.25, -0.2) is 10.8 Å². The first-order valence-electron chi connectivity index (χ1n) is 4.77. The van der Waals surface area contributed by atoms with Crippen molar-refractivity contribution in [2.45, 2.75) is 32.7 Å².